The van der Waals surface area contributed by atoms with Gasteiger partial charge in [-0.1, -0.05) is 17.8 Å². The number of amides is 1. The highest BCUT2D eigenvalue weighted by Crippen LogP contribution is 2.21. The summed E-state index contributed by atoms with van der Waals surface area (Å²) in [4.78, 5) is 14.2. The number of carbonyl (C=O) groups is 1. The number of aromatic nitrogens is 3. The number of ether oxygens (including phenoxy) is 2. The Hall–Kier alpha value is -2.22. The summed E-state index contributed by atoms with van der Waals surface area (Å²) in [6.45, 7) is 2.05. The summed E-state index contributed by atoms with van der Waals surface area (Å²) in [5, 5.41) is 9.08. The van der Waals surface area contributed by atoms with Crippen LogP contribution in [0.2, 0.25) is 0 Å². The molecule has 0 radical (unpaired) electrons. The summed E-state index contributed by atoms with van der Waals surface area (Å²) in [7, 11) is 3.51. The number of piperidine rings is 1. The Morgan fingerprint density at radius 2 is 1.96 bits per heavy atom. The number of likely N-dealkylation sites (tertiary alicyclic amines) is 1. The molecule has 1 aromatic carbocycles. The number of hydrogen-bond donors (Lipinski definition) is 0. The van der Waals surface area contributed by atoms with Gasteiger partial charge in [0.2, 0.25) is 5.91 Å². The Bertz CT molecular complexity index is 744. The molecule has 0 spiro atoms. The standard InChI is InChI=1S/C18H24N4O3S/c1-21-16(12-25-15-8-6-7-14(11-15)24-2)19-20-18(21)26-13-17(23)22-9-4-3-5-10-22/h6-8,11H,3-5,9-10,12-13H2,1-2H3. The number of hydrogen-bond acceptors (Lipinski definition) is 6. The Morgan fingerprint density at radius 3 is 2.73 bits per heavy atom. The summed E-state index contributed by atoms with van der Waals surface area (Å²) in [5.41, 5.74) is 0. The fourth-order valence-electron chi connectivity index (χ4n) is 2.80. The molecule has 1 aromatic heterocycles. The second-order valence-electron chi connectivity index (χ2n) is 6.16. The van der Waals surface area contributed by atoms with Gasteiger partial charge in [0.25, 0.3) is 0 Å². The summed E-state index contributed by atoms with van der Waals surface area (Å²) in [5.74, 6) is 2.73. The maximum absolute atomic E-state index is 12.3. The van der Waals surface area contributed by atoms with E-state index in [0.717, 1.165) is 36.8 Å². The van der Waals surface area contributed by atoms with E-state index in [1.165, 1.54) is 18.2 Å². The minimum absolute atomic E-state index is 0.173. The van der Waals surface area contributed by atoms with Crippen molar-refractivity contribution in [3.63, 3.8) is 0 Å². The van der Waals surface area contributed by atoms with Gasteiger partial charge in [-0.15, -0.1) is 10.2 Å². The fourth-order valence-corrected chi connectivity index (χ4v) is 3.63. The van der Waals surface area contributed by atoms with Crippen molar-refractivity contribution in [3.8, 4) is 11.5 Å². The number of carbonyl (C=O) groups excluding carboxylic acids is 1. The molecule has 26 heavy (non-hydrogen) atoms. The maximum Gasteiger partial charge on any atom is 0.233 e. The number of thioether (sulfide) groups is 1. The second kappa shape index (κ2) is 8.93. The van der Waals surface area contributed by atoms with Crippen LogP contribution in [0.1, 0.15) is 25.1 Å². The third-order valence-corrected chi connectivity index (χ3v) is 5.37. The van der Waals surface area contributed by atoms with E-state index >= 15 is 0 Å². The molecule has 140 valence electrons. The zero-order chi connectivity index (χ0) is 18.4. The van der Waals surface area contributed by atoms with Gasteiger partial charge in [0, 0.05) is 26.2 Å². The lowest BCUT2D eigenvalue weighted by Crippen LogP contribution is -2.36. The number of methoxy groups -OCH3 is 1. The van der Waals surface area contributed by atoms with Crippen LogP contribution in [0.5, 0.6) is 11.5 Å². The van der Waals surface area contributed by atoms with E-state index < -0.39 is 0 Å². The molecule has 0 saturated carbocycles. The normalized spacial score (nSPS) is 14.3. The molecule has 0 bridgehead atoms. The molecule has 0 atom stereocenters. The first-order chi connectivity index (χ1) is 12.7. The molecule has 1 fully saturated rings. The molecule has 0 N–H and O–H groups in total. The highest BCUT2D eigenvalue weighted by molar-refractivity contribution is 7.99. The van der Waals surface area contributed by atoms with Gasteiger partial charge in [0.15, 0.2) is 11.0 Å². The van der Waals surface area contributed by atoms with Gasteiger partial charge in [0.1, 0.15) is 18.1 Å². The van der Waals surface area contributed by atoms with E-state index in [1.54, 1.807) is 7.11 Å². The fraction of sp³-hybridized carbons (Fsp3) is 0.500. The van der Waals surface area contributed by atoms with E-state index in [-0.39, 0.29) is 5.91 Å². The Balaban J connectivity index is 1.53. The minimum atomic E-state index is 0.173. The van der Waals surface area contributed by atoms with Gasteiger partial charge < -0.3 is 18.9 Å². The summed E-state index contributed by atoms with van der Waals surface area (Å²) in [6, 6.07) is 7.43. The Morgan fingerprint density at radius 1 is 1.19 bits per heavy atom. The molecular weight excluding hydrogens is 352 g/mol. The summed E-state index contributed by atoms with van der Waals surface area (Å²) in [6.07, 6.45) is 3.43. The number of benzene rings is 1. The molecule has 1 saturated heterocycles. The Labute approximate surface area is 157 Å². The molecule has 1 aliphatic heterocycles. The predicted molar refractivity (Wildman–Crippen MR) is 99.5 cm³/mol. The summed E-state index contributed by atoms with van der Waals surface area (Å²) < 4.78 is 12.8. The minimum Gasteiger partial charge on any atom is -0.497 e. The molecule has 1 aliphatic rings. The first-order valence-corrected chi connectivity index (χ1v) is 9.71. The van der Waals surface area contributed by atoms with Crippen LogP contribution < -0.4 is 9.47 Å². The lowest BCUT2D eigenvalue weighted by Gasteiger charge is -2.26. The van der Waals surface area contributed by atoms with Crippen LogP contribution in [0.4, 0.5) is 0 Å². The van der Waals surface area contributed by atoms with E-state index in [0.29, 0.717) is 23.9 Å². The van der Waals surface area contributed by atoms with Crippen LogP contribution in [0.3, 0.4) is 0 Å². The maximum atomic E-state index is 12.3. The van der Waals surface area contributed by atoms with Crippen molar-refractivity contribution < 1.29 is 14.3 Å². The molecule has 8 heteroatoms. The number of rotatable bonds is 7. The van der Waals surface area contributed by atoms with Crippen molar-refractivity contribution >= 4 is 17.7 Å². The molecule has 0 unspecified atom stereocenters. The average Bonchev–Trinajstić information content (AvgIpc) is 3.05. The monoisotopic (exact) mass is 376 g/mol. The van der Waals surface area contributed by atoms with Crippen molar-refractivity contribution in [1.82, 2.24) is 19.7 Å². The van der Waals surface area contributed by atoms with E-state index in [1.807, 2.05) is 40.8 Å². The topological polar surface area (TPSA) is 69.5 Å². The van der Waals surface area contributed by atoms with Gasteiger partial charge in [-0.3, -0.25) is 4.79 Å². The van der Waals surface area contributed by atoms with Gasteiger partial charge in [-0.05, 0) is 31.4 Å². The molecule has 7 nitrogen and oxygen atoms in total. The lowest BCUT2D eigenvalue weighted by molar-refractivity contribution is -0.129. The van der Waals surface area contributed by atoms with E-state index in [9.17, 15) is 4.79 Å². The molecule has 3 rings (SSSR count). The van der Waals surface area contributed by atoms with Gasteiger partial charge >= 0.3 is 0 Å². The van der Waals surface area contributed by atoms with Crippen LogP contribution >= 0.6 is 11.8 Å². The van der Waals surface area contributed by atoms with Crippen molar-refractivity contribution in [1.29, 1.82) is 0 Å². The van der Waals surface area contributed by atoms with Crippen molar-refractivity contribution in [2.45, 2.75) is 31.0 Å². The zero-order valence-corrected chi connectivity index (χ0v) is 16.0. The van der Waals surface area contributed by atoms with Crippen molar-refractivity contribution in [2.75, 3.05) is 26.0 Å². The van der Waals surface area contributed by atoms with Gasteiger partial charge in [-0.2, -0.15) is 0 Å². The molecule has 1 amide bonds. The lowest BCUT2D eigenvalue weighted by atomic mass is 10.1. The molecular formula is C18H24N4O3S. The van der Waals surface area contributed by atoms with Crippen LogP contribution in [0.25, 0.3) is 0 Å². The second-order valence-corrected chi connectivity index (χ2v) is 7.10. The third kappa shape index (κ3) is 4.69. The highest BCUT2D eigenvalue weighted by atomic mass is 32.2. The van der Waals surface area contributed by atoms with E-state index in [2.05, 4.69) is 10.2 Å². The van der Waals surface area contributed by atoms with Crippen LogP contribution in [0.15, 0.2) is 29.4 Å². The van der Waals surface area contributed by atoms with Crippen molar-refractivity contribution in [2.24, 2.45) is 7.05 Å². The van der Waals surface area contributed by atoms with Gasteiger partial charge in [0.05, 0.1) is 12.9 Å². The third-order valence-electron chi connectivity index (χ3n) is 4.37. The molecule has 2 aromatic rings. The first-order valence-electron chi connectivity index (χ1n) is 8.73. The van der Waals surface area contributed by atoms with E-state index in [4.69, 9.17) is 9.47 Å². The predicted octanol–water partition coefficient (Wildman–Crippen LogP) is 2.51. The van der Waals surface area contributed by atoms with Crippen LogP contribution in [-0.2, 0) is 18.4 Å². The van der Waals surface area contributed by atoms with Crippen LogP contribution in [-0.4, -0.2) is 51.5 Å². The largest absolute Gasteiger partial charge is 0.497 e. The van der Waals surface area contributed by atoms with Gasteiger partial charge in [-0.25, -0.2) is 0 Å². The SMILES string of the molecule is COc1cccc(OCc2nnc(SCC(=O)N3CCCCC3)n2C)c1. The van der Waals surface area contributed by atoms with Crippen LogP contribution in [0, 0.1) is 0 Å². The average molecular weight is 376 g/mol. The van der Waals surface area contributed by atoms with Crippen molar-refractivity contribution in [3.05, 3.63) is 30.1 Å². The Kier molecular flexibility index (Phi) is 6.38. The molecule has 0 aliphatic carbocycles. The zero-order valence-electron chi connectivity index (χ0n) is 15.2. The highest BCUT2D eigenvalue weighted by Gasteiger charge is 2.18. The quantitative estimate of drug-likeness (QED) is 0.692. The summed E-state index contributed by atoms with van der Waals surface area (Å²) >= 11 is 1.42. The first kappa shape index (κ1) is 18.6. The number of nitrogens with zero attached hydrogens (tertiary/aromatic N) is 4. The smallest absolute Gasteiger partial charge is 0.233 e. The molecule has 2 heterocycles.